The molecule has 1 amide bonds. The van der Waals surface area contributed by atoms with E-state index >= 15 is 0 Å². The van der Waals surface area contributed by atoms with Crippen LogP contribution >= 0.6 is 0 Å². The molecular weight excluding hydrogens is 258 g/mol. The largest absolute Gasteiger partial charge is 0.449 e. The highest BCUT2D eigenvalue weighted by Gasteiger charge is 2.25. The molecule has 0 N–H and O–H groups in total. The maximum absolute atomic E-state index is 12.3. The zero-order chi connectivity index (χ0) is 14.5. The molecule has 0 saturated carbocycles. The first-order chi connectivity index (χ1) is 9.58. The third-order valence-electron chi connectivity index (χ3n) is 3.49. The Hall–Kier alpha value is -1.85. The summed E-state index contributed by atoms with van der Waals surface area (Å²) < 4.78 is 6.75. The van der Waals surface area contributed by atoms with Crippen LogP contribution in [-0.4, -0.2) is 45.8 Å². The van der Waals surface area contributed by atoms with Crippen molar-refractivity contribution in [2.24, 2.45) is 7.05 Å². The van der Waals surface area contributed by atoms with Crippen LogP contribution in [0.25, 0.3) is 0 Å². The molecule has 1 aromatic heterocycles. The SMILES string of the molecule is CC(OC(=O)c1cnn(C)c1)C(=O)N1CCCCCC1. The lowest BCUT2D eigenvalue weighted by Gasteiger charge is -2.23. The van der Waals surface area contributed by atoms with Crippen LogP contribution in [0.2, 0.25) is 0 Å². The molecule has 110 valence electrons. The summed E-state index contributed by atoms with van der Waals surface area (Å²) in [5, 5.41) is 3.91. The Morgan fingerprint density at radius 1 is 1.25 bits per heavy atom. The molecule has 1 atom stereocenters. The van der Waals surface area contributed by atoms with Crippen molar-refractivity contribution < 1.29 is 14.3 Å². The first-order valence-corrected chi connectivity index (χ1v) is 7.06. The lowest BCUT2D eigenvalue weighted by molar-refractivity contribution is -0.139. The van der Waals surface area contributed by atoms with Crippen molar-refractivity contribution in [2.75, 3.05) is 13.1 Å². The van der Waals surface area contributed by atoms with E-state index in [2.05, 4.69) is 5.10 Å². The van der Waals surface area contributed by atoms with Crippen molar-refractivity contribution >= 4 is 11.9 Å². The summed E-state index contributed by atoms with van der Waals surface area (Å²) in [6.45, 7) is 3.14. The van der Waals surface area contributed by atoms with Gasteiger partial charge in [0.05, 0.1) is 11.8 Å². The Labute approximate surface area is 118 Å². The summed E-state index contributed by atoms with van der Waals surface area (Å²) >= 11 is 0. The number of hydrogen-bond donors (Lipinski definition) is 0. The van der Waals surface area contributed by atoms with Gasteiger partial charge in [0.1, 0.15) is 0 Å². The molecule has 0 aromatic carbocycles. The molecule has 1 unspecified atom stereocenters. The van der Waals surface area contributed by atoms with Gasteiger partial charge in [-0.15, -0.1) is 0 Å². The minimum Gasteiger partial charge on any atom is -0.449 e. The highest BCUT2D eigenvalue weighted by atomic mass is 16.5. The quantitative estimate of drug-likeness (QED) is 0.784. The Morgan fingerprint density at radius 3 is 2.45 bits per heavy atom. The Balaban J connectivity index is 1.91. The molecule has 6 nitrogen and oxygen atoms in total. The molecule has 2 rings (SSSR count). The lowest BCUT2D eigenvalue weighted by atomic mass is 10.2. The summed E-state index contributed by atoms with van der Waals surface area (Å²) in [5.41, 5.74) is 0.364. The number of carbonyl (C=O) groups is 2. The smallest absolute Gasteiger partial charge is 0.342 e. The molecule has 1 aliphatic heterocycles. The Kier molecular flexibility index (Phi) is 4.76. The van der Waals surface area contributed by atoms with Crippen molar-refractivity contribution in [1.82, 2.24) is 14.7 Å². The average molecular weight is 279 g/mol. The van der Waals surface area contributed by atoms with Crippen LogP contribution in [-0.2, 0) is 16.6 Å². The van der Waals surface area contributed by atoms with Gasteiger partial charge in [-0.1, -0.05) is 12.8 Å². The van der Waals surface area contributed by atoms with Crippen LogP contribution in [0.5, 0.6) is 0 Å². The molecule has 1 aliphatic rings. The van der Waals surface area contributed by atoms with Crippen molar-refractivity contribution in [3.63, 3.8) is 0 Å². The first kappa shape index (κ1) is 14.6. The number of esters is 1. The lowest BCUT2D eigenvalue weighted by Crippen LogP contribution is -2.40. The molecule has 0 radical (unpaired) electrons. The van der Waals surface area contributed by atoms with Crippen molar-refractivity contribution in [1.29, 1.82) is 0 Å². The maximum Gasteiger partial charge on any atom is 0.342 e. The van der Waals surface area contributed by atoms with E-state index in [4.69, 9.17) is 4.74 Å². The van der Waals surface area contributed by atoms with Crippen LogP contribution in [0.3, 0.4) is 0 Å². The van der Waals surface area contributed by atoms with Gasteiger partial charge >= 0.3 is 5.97 Å². The van der Waals surface area contributed by atoms with Gasteiger partial charge in [-0.25, -0.2) is 4.79 Å². The summed E-state index contributed by atoms with van der Waals surface area (Å²) in [7, 11) is 1.72. The van der Waals surface area contributed by atoms with E-state index in [1.807, 2.05) is 0 Å². The molecule has 2 heterocycles. The van der Waals surface area contributed by atoms with E-state index in [1.165, 1.54) is 10.9 Å². The van der Waals surface area contributed by atoms with E-state index < -0.39 is 12.1 Å². The second kappa shape index (κ2) is 6.54. The minimum atomic E-state index is -0.749. The molecule has 6 heteroatoms. The van der Waals surface area contributed by atoms with Crippen molar-refractivity contribution in [2.45, 2.75) is 38.7 Å². The first-order valence-electron chi connectivity index (χ1n) is 7.06. The minimum absolute atomic E-state index is 0.107. The molecule has 1 saturated heterocycles. The predicted octanol–water partition coefficient (Wildman–Crippen LogP) is 1.37. The molecule has 20 heavy (non-hydrogen) atoms. The highest BCUT2D eigenvalue weighted by molar-refractivity contribution is 5.91. The summed E-state index contributed by atoms with van der Waals surface area (Å²) in [6.07, 6.45) is 6.63. The number of rotatable bonds is 3. The zero-order valence-electron chi connectivity index (χ0n) is 12.0. The Morgan fingerprint density at radius 2 is 1.90 bits per heavy atom. The summed E-state index contributed by atoms with van der Waals surface area (Å²) in [5.74, 6) is -0.613. The number of nitrogens with zero attached hydrogens (tertiary/aromatic N) is 3. The number of aromatic nitrogens is 2. The van der Waals surface area contributed by atoms with E-state index in [9.17, 15) is 9.59 Å². The van der Waals surface area contributed by atoms with E-state index in [0.717, 1.165) is 38.8 Å². The van der Waals surface area contributed by atoms with Crippen LogP contribution in [0.15, 0.2) is 12.4 Å². The third kappa shape index (κ3) is 3.59. The van der Waals surface area contributed by atoms with Crippen LogP contribution < -0.4 is 0 Å². The molecule has 1 aromatic rings. The standard InChI is InChI=1S/C14H21N3O3/c1-11(13(18)17-7-5-3-4-6-8-17)20-14(19)12-9-15-16(2)10-12/h9-11H,3-8H2,1-2H3. The number of aryl methyl sites for hydroxylation is 1. The summed E-state index contributed by atoms with van der Waals surface area (Å²) in [6, 6.07) is 0. The zero-order valence-corrected chi connectivity index (χ0v) is 12.0. The van der Waals surface area contributed by atoms with Gasteiger partial charge in [0.15, 0.2) is 6.10 Å². The van der Waals surface area contributed by atoms with E-state index in [1.54, 1.807) is 25.1 Å². The van der Waals surface area contributed by atoms with Crippen molar-refractivity contribution in [3.8, 4) is 0 Å². The van der Waals surface area contributed by atoms with Crippen LogP contribution in [0, 0.1) is 0 Å². The van der Waals surface area contributed by atoms with Gasteiger partial charge in [-0.05, 0) is 19.8 Å². The van der Waals surface area contributed by atoms with Crippen molar-refractivity contribution in [3.05, 3.63) is 18.0 Å². The topological polar surface area (TPSA) is 64.4 Å². The second-order valence-electron chi connectivity index (χ2n) is 5.19. The number of amides is 1. The van der Waals surface area contributed by atoms with Gasteiger partial charge < -0.3 is 9.64 Å². The van der Waals surface area contributed by atoms with Gasteiger partial charge in [-0.2, -0.15) is 5.10 Å². The molecule has 0 aliphatic carbocycles. The number of likely N-dealkylation sites (tertiary alicyclic amines) is 1. The predicted molar refractivity (Wildman–Crippen MR) is 73.1 cm³/mol. The van der Waals surface area contributed by atoms with Crippen LogP contribution in [0.4, 0.5) is 0 Å². The molecule has 1 fully saturated rings. The Bertz CT molecular complexity index is 476. The van der Waals surface area contributed by atoms with Gasteiger partial charge in [0.2, 0.25) is 0 Å². The van der Waals surface area contributed by atoms with Gasteiger partial charge in [0, 0.05) is 26.3 Å². The van der Waals surface area contributed by atoms with Crippen LogP contribution in [0.1, 0.15) is 43.0 Å². The maximum atomic E-state index is 12.3. The molecule has 0 bridgehead atoms. The highest BCUT2D eigenvalue weighted by Crippen LogP contribution is 2.12. The van der Waals surface area contributed by atoms with Gasteiger partial charge in [-0.3, -0.25) is 9.48 Å². The third-order valence-corrected chi connectivity index (χ3v) is 3.49. The normalized spacial score (nSPS) is 17.4. The van der Waals surface area contributed by atoms with E-state index in [0.29, 0.717) is 5.56 Å². The average Bonchev–Trinajstić information content (AvgIpc) is 2.70. The van der Waals surface area contributed by atoms with Gasteiger partial charge in [0.25, 0.3) is 5.91 Å². The fourth-order valence-corrected chi connectivity index (χ4v) is 2.35. The molecular formula is C14H21N3O3. The fraction of sp³-hybridized carbons (Fsp3) is 0.643. The monoisotopic (exact) mass is 279 g/mol. The fourth-order valence-electron chi connectivity index (χ4n) is 2.35. The number of carbonyl (C=O) groups excluding carboxylic acids is 2. The number of hydrogen-bond acceptors (Lipinski definition) is 4. The van der Waals surface area contributed by atoms with E-state index in [-0.39, 0.29) is 5.91 Å². The second-order valence-corrected chi connectivity index (χ2v) is 5.19. The summed E-state index contributed by atoms with van der Waals surface area (Å²) in [4.78, 5) is 25.9. The number of ether oxygens (including phenoxy) is 1. The molecule has 0 spiro atoms.